The number of aromatic nitrogens is 1. The molecule has 0 saturated heterocycles. The van der Waals surface area contributed by atoms with Gasteiger partial charge < -0.3 is 15.2 Å². The van der Waals surface area contributed by atoms with Crippen molar-refractivity contribution >= 4 is 10.9 Å². The average Bonchev–Trinajstić information content (AvgIpc) is 2.38. The number of fused-ring (bicyclic) bond motifs is 1. The van der Waals surface area contributed by atoms with Crippen LogP contribution >= 0.6 is 0 Å². The fraction of sp³-hybridized carbons (Fsp3) is 0.308. The number of benzene rings is 1. The minimum Gasteiger partial charge on any atom is -0.491 e. The van der Waals surface area contributed by atoms with Crippen LogP contribution in [-0.4, -0.2) is 31.3 Å². The normalized spacial score (nSPS) is 10.6. The van der Waals surface area contributed by atoms with E-state index < -0.39 is 0 Å². The summed E-state index contributed by atoms with van der Waals surface area (Å²) in [6, 6.07) is 9.81. The highest BCUT2D eigenvalue weighted by atomic mass is 16.5. The zero-order chi connectivity index (χ0) is 11.9. The lowest BCUT2D eigenvalue weighted by molar-refractivity contribution is 0.106. The summed E-state index contributed by atoms with van der Waals surface area (Å²) in [5.41, 5.74) is 6.25. The number of ether oxygens (including phenoxy) is 2. The molecular weight excluding hydrogens is 216 g/mol. The van der Waals surface area contributed by atoms with Crippen molar-refractivity contribution in [1.29, 1.82) is 0 Å². The van der Waals surface area contributed by atoms with Crippen molar-refractivity contribution in [3.05, 3.63) is 36.5 Å². The lowest BCUT2D eigenvalue weighted by Gasteiger charge is -2.07. The average molecular weight is 232 g/mol. The Morgan fingerprint density at radius 3 is 2.94 bits per heavy atom. The predicted octanol–water partition coefficient (Wildman–Crippen LogP) is 1.59. The first-order valence-corrected chi connectivity index (χ1v) is 5.65. The fourth-order valence-electron chi connectivity index (χ4n) is 1.54. The van der Waals surface area contributed by atoms with Crippen molar-refractivity contribution in [2.75, 3.05) is 26.4 Å². The van der Waals surface area contributed by atoms with Crippen molar-refractivity contribution < 1.29 is 9.47 Å². The van der Waals surface area contributed by atoms with Gasteiger partial charge in [0.25, 0.3) is 0 Å². The van der Waals surface area contributed by atoms with Crippen LogP contribution in [0.25, 0.3) is 10.9 Å². The predicted molar refractivity (Wildman–Crippen MR) is 67.1 cm³/mol. The van der Waals surface area contributed by atoms with E-state index in [0.717, 1.165) is 16.7 Å². The third kappa shape index (κ3) is 3.41. The molecule has 0 aliphatic carbocycles. The maximum Gasteiger partial charge on any atom is 0.121 e. The van der Waals surface area contributed by atoms with Gasteiger partial charge in [0.15, 0.2) is 0 Å². The molecule has 90 valence electrons. The first kappa shape index (κ1) is 11.8. The Morgan fingerprint density at radius 2 is 2.06 bits per heavy atom. The monoisotopic (exact) mass is 232 g/mol. The number of rotatable bonds is 6. The summed E-state index contributed by atoms with van der Waals surface area (Å²) in [6.45, 7) is 2.19. The molecule has 0 spiro atoms. The molecular formula is C13H16N2O2. The zero-order valence-corrected chi connectivity index (χ0v) is 9.63. The van der Waals surface area contributed by atoms with Crippen molar-refractivity contribution in [1.82, 2.24) is 4.98 Å². The lowest BCUT2D eigenvalue weighted by Crippen LogP contribution is -2.13. The van der Waals surface area contributed by atoms with Crippen LogP contribution in [0.2, 0.25) is 0 Å². The molecule has 0 radical (unpaired) electrons. The Labute approximate surface area is 100 Å². The van der Waals surface area contributed by atoms with Crippen LogP contribution in [0.1, 0.15) is 0 Å². The Bertz CT molecular complexity index is 474. The van der Waals surface area contributed by atoms with E-state index >= 15 is 0 Å². The van der Waals surface area contributed by atoms with Crippen LogP contribution < -0.4 is 10.5 Å². The smallest absolute Gasteiger partial charge is 0.121 e. The number of hydrogen-bond donors (Lipinski definition) is 1. The molecule has 2 N–H and O–H groups in total. The van der Waals surface area contributed by atoms with Crippen LogP contribution in [0.15, 0.2) is 36.5 Å². The number of nitrogens with two attached hydrogens (primary N) is 1. The molecule has 2 rings (SSSR count). The molecule has 0 aliphatic heterocycles. The van der Waals surface area contributed by atoms with Crippen molar-refractivity contribution in [2.45, 2.75) is 0 Å². The molecule has 0 atom stereocenters. The summed E-state index contributed by atoms with van der Waals surface area (Å²) in [6.07, 6.45) is 1.77. The van der Waals surface area contributed by atoms with E-state index in [-0.39, 0.29) is 0 Å². The molecule has 0 fully saturated rings. The van der Waals surface area contributed by atoms with Gasteiger partial charge in [-0.3, -0.25) is 4.98 Å². The third-order valence-corrected chi connectivity index (χ3v) is 2.34. The molecule has 1 heterocycles. The molecule has 0 amide bonds. The number of nitrogens with zero attached hydrogens (tertiary/aromatic N) is 1. The van der Waals surface area contributed by atoms with E-state index in [2.05, 4.69) is 4.98 Å². The lowest BCUT2D eigenvalue weighted by atomic mass is 10.2. The fourth-order valence-corrected chi connectivity index (χ4v) is 1.54. The quantitative estimate of drug-likeness (QED) is 0.768. The molecule has 4 nitrogen and oxygen atoms in total. The van der Waals surface area contributed by atoms with Crippen LogP contribution in [0, 0.1) is 0 Å². The van der Waals surface area contributed by atoms with Gasteiger partial charge in [0.2, 0.25) is 0 Å². The Kier molecular flexibility index (Phi) is 4.30. The van der Waals surface area contributed by atoms with Gasteiger partial charge in [-0.2, -0.15) is 0 Å². The van der Waals surface area contributed by atoms with Crippen LogP contribution in [0.5, 0.6) is 5.75 Å². The molecule has 17 heavy (non-hydrogen) atoms. The maximum atomic E-state index is 5.55. The Hall–Kier alpha value is -1.65. The second-order valence-corrected chi connectivity index (χ2v) is 3.61. The Morgan fingerprint density at radius 1 is 1.12 bits per heavy atom. The summed E-state index contributed by atoms with van der Waals surface area (Å²) in [4.78, 5) is 4.27. The van der Waals surface area contributed by atoms with Crippen molar-refractivity contribution in [3.8, 4) is 5.75 Å². The molecule has 1 aromatic heterocycles. The number of pyridine rings is 1. The van der Waals surface area contributed by atoms with E-state index in [1.807, 2.05) is 30.3 Å². The van der Waals surface area contributed by atoms with Crippen molar-refractivity contribution in [3.63, 3.8) is 0 Å². The largest absolute Gasteiger partial charge is 0.491 e. The van der Waals surface area contributed by atoms with Crippen molar-refractivity contribution in [2.24, 2.45) is 5.73 Å². The second kappa shape index (κ2) is 6.18. The van der Waals surface area contributed by atoms with E-state index in [1.165, 1.54) is 0 Å². The minimum atomic E-state index is 0.526. The molecule has 1 aromatic carbocycles. The van der Waals surface area contributed by atoms with Gasteiger partial charge in [0.1, 0.15) is 12.4 Å². The maximum absolute atomic E-state index is 5.55. The number of hydrogen-bond acceptors (Lipinski definition) is 4. The van der Waals surface area contributed by atoms with E-state index in [9.17, 15) is 0 Å². The van der Waals surface area contributed by atoms with E-state index in [0.29, 0.717) is 26.4 Å². The molecule has 0 saturated carbocycles. The Balaban J connectivity index is 1.90. The summed E-state index contributed by atoms with van der Waals surface area (Å²) in [7, 11) is 0. The second-order valence-electron chi connectivity index (χ2n) is 3.61. The molecule has 0 bridgehead atoms. The van der Waals surface area contributed by atoms with Gasteiger partial charge in [-0.25, -0.2) is 0 Å². The van der Waals surface area contributed by atoms with Gasteiger partial charge in [0, 0.05) is 24.2 Å². The summed E-state index contributed by atoms with van der Waals surface area (Å²) >= 11 is 0. The van der Waals surface area contributed by atoms with Gasteiger partial charge in [-0.15, -0.1) is 0 Å². The van der Waals surface area contributed by atoms with Gasteiger partial charge in [-0.05, 0) is 18.2 Å². The summed E-state index contributed by atoms with van der Waals surface area (Å²) in [5.74, 6) is 0.813. The SMILES string of the molecule is NCCOCCOc1ccc2cccnc2c1. The van der Waals surface area contributed by atoms with Crippen LogP contribution in [-0.2, 0) is 4.74 Å². The molecule has 4 heteroatoms. The van der Waals surface area contributed by atoms with E-state index in [4.69, 9.17) is 15.2 Å². The molecule has 0 unspecified atom stereocenters. The van der Waals surface area contributed by atoms with Gasteiger partial charge in [-0.1, -0.05) is 6.07 Å². The summed E-state index contributed by atoms with van der Waals surface area (Å²) < 4.78 is 10.8. The van der Waals surface area contributed by atoms with E-state index in [1.54, 1.807) is 6.20 Å². The van der Waals surface area contributed by atoms with Crippen LogP contribution in [0.4, 0.5) is 0 Å². The highest BCUT2D eigenvalue weighted by Crippen LogP contribution is 2.18. The van der Waals surface area contributed by atoms with Gasteiger partial charge in [0.05, 0.1) is 18.7 Å². The molecule has 0 aliphatic rings. The van der Waals surface area contributed by atoms with Gasteiger partial charge >= 0.3 is 0 Å². The zero-order valence-electron chi connectivity index (χ0n) is 9.63. The highest BCUT2D eigenvalue weighted by molar-refractivity contribution is 5.79. The first-order chi connectivity index (χ1) is 8.40. The topological polar surface area (TPSA) is 57.4 Å². The minimum absolute atomic E-state index is 0.526. The first-order valence-electron chi connectivity index (χ1n) is 5.65. The van der Waals surface area contributed by atoms with Crippen LogP contribution in [0.3, 0.4) is 0 Å². The third-order valence-electron chi connectivity index (χ3n) is 2.34. The molecule has 2 aromatic rings. The highest BCUT2D eigenvalue weighted by Gasteiger charge is 1.97. The summed E-state index contributed by atoms with van der Waals surface area (Å²) in [5, 5.41) is 1.11. The standard InChI is InChI=1S/C13H16N2O2/c14-5-7-16-8-9-17-12-4-3-11-2-1-6-15-13(11)10-12/h1-4,6,10H,5,7-9,14H2.